The Morgan fingerprint density at radius 3 is 2.95 bits per heavy atom. The first-order valence-corrected chi connectivity index (χ1v) is 8.33. The lowest BCUT2D eigenvalue weighted by atomic mass is 9.90. The predicted octanol–water partition coefficient (Wildman–Crippen LogP) is 3.30. The quantitative estimate of drug-likeness (QED) is 0.810. The number of aromatic amines is 1. The van der Waals surface area contributed by atoms with Gasteiger partial charge in [0.2, 0.25) is 0 Å². The van der Waals surface area contributed by atoms with Gasteiger partial charge in [-0.15, -0.1) is 0 Å². The molecule has 2 aliphatic rings. The molecule has 0 radical (unpaired) electrons. The van der Waals surface area contributed by atoms with Gasteiger partial charge in [-0.2, -0.15) is 0 Å². The molecule has 21 heavy (non-hydrogen) atoms. The highest BCUT2D eigenvalue weighted by atomic mass is 16.3. The van der Waals surface area contributed by atoms with Crippen molar-refractivity contribution in [2.75, 3.05) is 6.61 Å². The average Bonchev–Trinajstić information content (AvgIpc) is 3.12. The average molecular weight is 284 g/mol. The number of hydrogen-bond acceptors (Lipinski definition) is 2. The van der Waals surface area contributed by atoms with Crippen molar-refractivity contribution >= 4 is 10.9 Å². The van der Waals surface area contributed by atoms with Crippen LogP contribution < -0.4 is 5.32 Å². The Balaban J connectivity index is 1.64. The molecule has 1 fully saturated rings. The molecule has 2 aliphatic carbocycles. The summed E-state index contributed by atoms with van der Waals surface area (Å²) in [5, 5.41) is 14.8. The van der Waals surface area contributed by atoms with Crippen LogP contribution in [0.5, 0.6) is 0 Å². The van der Waals surface area contributed by atoms with Crippen LogP contribution in [0.2, 0.25) is 0 Å². The van der Waals surface area contributed by atoms with Gasteiger partial charge in [0.1, 0.15) is 0 Å². The molecule has 112 valence electrons. The van der Waals surface area contributed by atoms with Crippen LogP contribution in [0.15, 0.2) is 24.3 Å². The maximum Gasteiger partial charge on any atom is 0.0478 e. The smallest absolute Gasteiger partial charge is 0.0478 e. The van der Waals surface area contributed by atoms with Gasteiger partial charge in [0.25, 0.3) is 0 Å². The molecule has 3 N–H and O–H groups in total. The van der Waals surface area contributed by atoms with Crippen molar-refractivity contribution in [3.8, 4) is 0 Å². The van der Waals surface area contributed by atoms with E-state index in [1.54, 1.807) is 0 Å². The number of para-hydroxylation sites is 1. The number of nitrogens with one attached hydrogen (secondary N) is 2. The van der Waals surface area contributed by atoms with E-state index in [2.05, 4.69) is 34.6 Å². The van der Waals surface area contributed by atoms with E-state index in [9.17, 15) is 5.11 Å². The van der Waals surface area contributed by atoms with Crippen LogP contribution in [-0.2, 0) is 6.42 Å². The highest BCUT2D eigenvalue weighted by Gasteiger charge is 2.31. The van der Waals surface area contributed by atoms with Crippen molar-refractivity contribution in [1.29, 1.82) is 0 Å². The number of aryl methyl sites for hydroxylation is 1. The molecule has 0 saturated heterocycles. The summed E-state index contributed by atoms with van der Waals surface area (Å²) in [6.07, 6.45) is 7.26. The molecule has 0 aliphatic heterocycles. The minimum Gasteiger partial charge on any atom is -0.396 e. The van der Waals surface area contributed by atoms with Crippen molar-refractivity contribution in [2.24, 2.45) is 5.92 Å². The van der Waals surface area contributed by atoms with E-state index >= 15 is 0 Å². The van der Waals surface area contributed by atoms with Gasteiger partial charge in [0.05, 0.1) is 0 Å². The van der Waals surface area contributed by atoms with Crippen LogP contribution in [0.3, 0.4) is 0 Å². The standard InChI is InChI=1S/C18H24N2O/c21-11-12-5-3-9-15(12)19-17-10-4-7-14-13-6-1-2-8-16(13)20-18(14)17/h1-2,6,8,12,15,17,19-21H,3-5,7,9-11H2. The Kier molecular flexibility index (Phi) is 3.48. The van der Waals surface area contributed by atoms with Gasteiger partial charge in [-0.1, -0.05) is 24.6 Å². The number of benzene rings is 1. The molecular formula is C18H24N2O. The first-order chi connectivity index (χ1) is 10.4. The summed E-state index contributed by atoms with van der Waals surface area (Å²) in [5.74, 6) is 0.444. The highest BCUT2D eigenvalue weighted by molar-refractivity contribution is 5.85. The number of aliphatic hydroxyl groups excluding tert-OH is 1. The van der Waals surface area contributed by atoms with Gasteiger partial charge in [0, 0.05) is 35.3 Å². The van der Waals surface area contributed by atoms with Gasteiger partial charge in [-0.25, -0.2) is 0 Å². The van der Waals surface area contributed by atoms with E-state index in [0.29, 0.717) is 24.6 Å². The third-order valence-electron chi connectivity index (χ3n) is 5.42. The molecule has 0 bridgehead atoms. The predicted molar refractivity (Wildman–Crippen MR) is 85.3 cm³/mol. The fourth-order valence-electron chi connectivity index (χ4n) is 4.31. The molecule has 1 aromatic carbocycles. The maximum absolute atomic E-state index is 9.53. The second-order valence-corrected chi connectivity index (χ2v) is 6.65. The lowest BCUT2D eigenvalue weighted by Gasteiger charge is -2.29. The van der Waals surface area contributed by atoms with Gasteiger partial charge >= 0.3 is 0 Å². The lowest BCUT2D eigenvalue weighted by Crippen LogP contribution is -2.38. The third kappa shape index (κ3) is 2.29. The molecule has 1 heterocycles. The zero-order chi connectivity index (χ0) is 14.2. The molecule has 3 nitrogen and oxygen atoms in total. The van der Waals surface area contributed by atoms with E-state index in [4.69, 9.17) is 0 Å². The summed E-state index contributed by atoms with van der Waals surface area (Å²) in [6, 6.07) is 9.56. The maximum atomic E-state index is 9.53. The number of rotatable bonds is 3. The van der Waals surface area contributed by atoms with Crippen LogP contribution >= 0.6 is 0 Å². The van der Waals surface area contributed by atoms with Crippen LogP contribution in [0, 0.1) is 5.92 Å². The second-order valence-electron chi connectivity index (χ2n) is 6.65. The SMILES string of the molecule is OCC1CCCC1NC1CCCc2c1[nH]c1ccccc21. The van der Waals surface area contributed by atoms with Crippen LogP contribution in [0.25, 0.3) is 10.9 Å². The monoisotopic (exact) mass is 284 g/mol. The fourth-order valence-corrected chi connectivity index (χ4v) is 4.31. The first kappa shape index (κ1) is 13.4. The van der Waals surface area contributed by atoms with E-state index in [0.717, 1.165) is 0 Å². The molecule has 0 spiro atoms. The van der Waals surface area contributed by atoms with Gasteiger partial charge in [-0.3, -0.25) is 0 Å². The van der Waals surface area contributed by atoms with Crippen molar-refractivity contribution in [3.05, 3.63) is 35.5 Å². The number of aliphatic hydroxyl groups is 1. The Morgan fingerprint density at radius 1 is 1.14 bits per heavy atom. The zero-order valence-electron chi connectivity index (χ0n) is 12.4. The summed E-state index contributed by atoms with van der Waals surface area (Å²) in [5.41, 5.74) is 4.17. The van der Waals surface area contributed by atoms with Crippen LogP contribution in [-0.4, -0.2) is 22.7 Å². The normalized spacial score (nSPS) is 28.9. The van der Waals surface area contributed by atoms with Crippen molar-refractivity contribution in [3.63, 3.8) is 0 Å². The summed E-state index contributed by atoms with van der Waals surface area (Å²) in [4.78, 5) is 3.65. The number of fused-ring (bicyclic) bond motifs is 3. The Labute approximate surface area is 125 Å². The van der Waals surface area contributed by atoms with Crippen LogP contribution in [0.4, 0.5) is 0 Å². The summed E-state index contributed by atoms with van der Waals surface area (Å²) in [7, 11) is 0. The summed E-state index contributed by atoms with van der Waals surface area (Å²) >= 11 is 0. The Bertz CT molecular complexity index is 633. The molecule has 3 unspecified atom stereocenters. The van der Waals surface area contributed by atoms with Crippen molar-refractivity contribution in [2.45, 2.75) is 50.6 Å². The molecular weight excluding hydrogens is 260 g/mol. The largest absolute Gasteiger partial charge is 0.396 e. The lowest BCUT2D eigenvalue weighted by molar-refractivity contribution is 0.196. The second kappa shape index (κ2) is 5.47. The minimum absolute atomic E-state index is 0.323. The topological polar surface area (TPSA) is 48.0 Å². The van der Waals surface area contributed by atoms with Gasteiger partial charge in [-0.05, 0) is 49.7 Å². The third-order valence-corrected chi connectivity index (χ3v) is 5.42. The van der Waals surface area contributed by atoms with E-state index in [1.807, 2.05) is 0 Å². The molecule has 0 amide bonds. The highest BCUT2D eigenvalue weighted by Crippen LogP contribution is 2.36. The van der Waals surface area contributed by atoms with Crippen molar-refractivity contribution < 1.29 is 5.11 Å². The number of H-pyrrole nitrogens is 1. The van der Waals surface area contributed by atoms with Gasteiger partial charge in [0.15, 0.2) is 0 Å². The van der Waals surface area contributed by atoms with E-state index in [-0.39, 0.29) is 0 Å². The molecule has 1 saturated carbocycles. The number of hydrogen-bond donors (Lipinski definition) is 3. The summed E-state index contributed by atoms with van der Waals surface area (Å²) in [6.45, 7) is 0.323. The summed E-state index contributed by atoms with van der Waals surface area (Å²) < 4.78 is 0. The zero-order valence-corrected chi connectivity index (χ0v) is 12.4. The fraction of sp³-hybridized carbons (Fsp3) is 0.556. The van der Waals surface area contributed by atoms with Crippen molar-refractivity contribution in [1.82, 2.24) is 10.3 Å². The molecule has 1 aromatic heterocycles. The molecule has 3 atom stereocenters. The van der Waals surface area contributed by atoms with Gasteiger partial charge < -0.3 is 15.4 Å². The molecule has 4 rings (SSSR count). The Morgan fingerprint density at radius 2 is 2.05 bits per heavy atom. The number of aromatic nitrogens is 1. The minimum atomic E-state index is 0.323. The van der Waals surface area contributed by atoms with Crippen LogP contribution in [0.1, 0.15) is 49.4 Å². The Hall–Kier alpha value is -1.32. The molecule has 2 aromatic rings. The first-order valence-electron chi connectivity index (χ1n) is 8.33. The van der Waals surface area contributed by atoms with E-state index < -0.39 is 0 Å². The molecule has 3 heteroatoms. The van der Waals surface area contributed by atoms with E-state index in [1.165, 1.54) is 60.7 Å².